The summed E-state index contributed by atoms with van der Waals surface area (Å²) in [6, 6.07) is 8.06. The van der Waals surface area contributed by atoms with Crippen molar-refractivity contribution in [3.05, 3.63) is 48.0 Å². The second-order valence-electron chi connectivity index (χ2n) is 9.23. The van der Waals surface area contributed by atoms with Crippen LogP contribution in [0.3, 0.4) is 0 Å². The maximum absolute atomic E-state index is 10.3. The summed E-state index contributed by atoms with van der Waals surface area (Å²) in [5, 5.41) is 37.3. The van der Waals surface area contributed by atoms with Gasteiger partial charge in [-0.25, -0.2) is 0 Å². The number of rotatable bonds is 19. The monoisotopic (exact) mass is 632 g/mol. The van der Waals surface area contributed by atoms with Crippen molar-refractivity contribution >= 4 is 23.9 Å². The van der Waals surface area contributed by atoms with E-state index in [1.807, 2.05) is 0 Å². The van der Waals surface area contributed by atoms with E-state index in [1.165, 1.54) is 89.7 Å². The van der Waals surface area contributed by atoms with Crippen molar-refractivity contribution in [1.29, 1.82) is 0 Å². The molecule has 0 amide bonds. The van der Waals surface area contributed by atoms with Crippen LogP contribution in [-0.4, -0.2) is 29.0 Å². The Hall–Kier alpha value is -0.160. The molecule has 0 aliphatic heterocycles. The molecule has 1 rings (SSSR count). The van der Waals surface area contributed by atoms with Gasteiger partial charge in [-0.05, 0) is 50.5 Å². The molecule has 0 bridgehead atoms. The summed E-state index contributed by atoms with van der Waals surface area (Å²) in [6.45, 7) is 5.60. The molecule has 1 N–H and O–H groups in total. The van der Waals surface area contributed by atoms with Gasteiger partial charge >= 0.3 is 94.6 Å². The molecule has 0 fully saturated rings. The Morgan fingerprint density at radius 2 is 1.02 bits per heavy atom. The van der Waals surface area contributed by atoms with Gasteiger partial charge in [0.15, 0.2) is 0 Å². The SMILES string of the molecule is CCC(=O)[O-].CCCC(=O)[O-].CCCCCCCC/C=C\CCCCCCCC(=O)O.O=C([O-])c1ccccc1.[Na+].[Na+].[Na+]. The molecule has 0 aliphatic carbocycles. The molecule has 43 heavy (non-hydrogen) atoms. The van der Waals surface area contributed by atoms with Gasteiger partial charge in [0.25, 0.3) is 0 Å². The standard InChI is InChI=1S/C18H34O2.C7H6O2.C4H8O2.C3H6O2.3Na/c1-2-3-4-5-6-7-8-9-10-11-12-13-14-15-16-17-18(19)20;8-7(9)6-4-2-1-3-5-6;1-2-3-4(5)6;1-2-3(4)5;;;/h9-10H,2-8,11-17H2,1H3,(H,19,20);1-5H,(H,8,9);2-3H2,1H3,(H,5,6);2H2,1H3,(H,4,5);;;/q;;;;3*+1/p-3/b10-9-;;;;;;. The van der Waals surface area contributed by atoms with Crippen LogP contribution in [0.5, 0.6) is 0 Å². The maximum Gasteiger partial charge on any atom is 1.00 e. The quantitative estimate of drug-likeness (QED) is 0.0915. The van der Waals surface area contributed by atoms with Crippen LogP contribution in [0.4, 0.5) is 0 Å². The third-order valence-electron chi connectivity index (χ3n) is 5.40. The molecule has 0 atom stereocenters. The molecule has 230 valence electrons. The number of aliphatic carboxylic acids is 3. The van der Waals surface area contributed by atoms with Gasteiger partial charge in [-0.1, -0.05) is 121 Å². The van der Waals surface area contributed by atoms with Gasteiger partial charge in [-0.15, -0.1) is 0 Å². The van der Waals surface area contributed by atoms with E-state index in [-0.39, 0.29) is 107 Å². The first-order valence-electron chi connectivity index (χ1n) is 14.6. The number of allylic oxidation sites excluding steroid dienone is 2. The van der Waals surface area contributed by atoms with Crippen LogP contribution in [0.2, 0.25) is 0 Å². The summed E-state index contributed by atoms with van der Waals surface area (Å²) in [6.07, 6.45) is 22.2. The Kier molecular flexibility index (Phi) is 59.4. The average Bonchev–Trinajstić information content (AvgIpc) is 2.92. The minimum atomic E-state index is -1.13. The van der Waals surface area contributed by atoms with E-state index in [0.29, 0.717) is 12.8 Å². The van der Waals surface area contributed by atoms with E-state index in [0.717, 1.165) is 12.8 Å². The van der Waals surface area contributed by atoms with Crippen molar-refractivity contribution in [3.8, 4) is 0 Å². The molecule has 0 heterocycles. The second kappa shape index (κ2) is 46.3. The van der Waals surface area contributed by atoms with E-state index in [1.54, 1.807) is 25.1 Å². The molecule has 0 saturated heterocycles. The minimum Gasteiger partial charge on any atom is -0.550 e. The van der Waals surface area contributed by atoms with Gasteiger partial charge in [0.1, 0.15) is 0 Å². The molecule has 0 aromatic heterocycles. The van der Waals surface area contributed by atoms with Crippen LogP contribution in [0, 0.1) is 0 Å². The smallest absolute Gasteiger partial charge is 0.550 e. The largest absolute Gasteiger partial charge is 1.00 e. The number of hydrogen-bond donors (Lipinski definition) is 1. The van der Waals surface area contributed by atoms with Crippen molar-refractivity contribution < 1.29 is 128 Å². The fourth-order valence-electron chi connectivity index (χ4n) is 3.13. The topological polar surface area (TPSA) is 158 Å². The summed E-state index contributed by atoms with van der Waals surface area (Å²) in [7, 11) is 0. The van der Waals surface area contributed by atoms with Crippen LogP contribution in [-0.2, 0) is 14.4 Å². The molecule has 8 nitrogen and oxygen atoms in total. The second-order valence-corrected chi connectivity index (χ2v) is 9.23. The predicted octanol–water partition coefficient (Wildman–Crippen LogP) is -4.15. The number of carbonyl (C=O) groups excluding carboxylic acids is 3. The van der Waals surface area contributed by atoms with Gasteiger partial charge in [0, 0.05) is 18.4 Å². The Morgan fingerprint density at radius 1 is 0.605 bits per heavy atom. The van der Waals surface area contributed by atoms with Crippen LogP contribution in [0.25, 0.3) is 0 Å². The number of unbranched alkanes of at least 4 members (excludes halogenated alkanes) is 11. The van der Waals surface area contributed by atoms with Crippen molar-refractivity contribution in [2.45, 2.75) is 130 Å². The summed E-state index contributed by atoms with van der Waals surface area (Å²) < 4.78 is 0. The van der Waals surface area contributed by atoms with E-state index < -0.39 is 23.9 Å². The van der Waals surface area contributed by atoms with E-state index >= 15 is 0 Å². The molecule has 0 unspecified atom stereocenters. The van der Waals surface area contributed by atoms with Crippen molar-refractivity contribution in [3.63, 3.8) is 0 Å². The summed E-state index contributed by atoms with van der Waals surface area (Å²) in [5.41, 5.74) is 0.220. The first-order chi connectivity index (χ1) is 19.1. The van der Waals surface area contributed by atoms with Crippen LogP contribution in [0.1, 0.15) is 140 Å². The fourth-order valence-corrected chi connectivity index (χ4v) is 3.13. The summed E-state index contributed by atoms with van der Waals surface area (Å²) in [5.74, 6) is -3.75. The van der Waals surface area contributed by atoms with E-state index in [4.69, 9.17) is 5.11 Å². The Labute approximate surface area is 326 Å². The zero-order chi connectivity index (χ0) is 30.9. The number of benzene rings is 1. The number of carbonyl (C=O) groups is 4. The van der Waals surface area contributed by atoms with Gasteiger partial charge in [-0.2, -0.15) is 0 Å². The third kappa shape index (κ3) is 58.0. The van der Waals surface area contributed by atoms with E-state index in [2.05, 4.69) is 19.1 Å². The number of carboxylic acids is 4. The number of aromatic carboxylic acids is 1. The van der Waals surface area contributed by atoms with Gasteiger partial charge in [-0.3, -0.25) is 4.79 Å². The molecule has 1 aromatic rings. The fraction of sp³-hybridized carbons (Fsp3) is 0.625. The molecule has 0 saturated carbocycles. The Balaban J connectivity index is -0.000000123. The van der Waals surface area contributed by atoms with Crippen LogP contribution >= 0.6 is 0 Å². The summed E-state index contributed by atoms with van der Waals surface area (Å²) >= 11 is 0. The Morgan fingerprint density at radius 3 is 1.33 bits per heavy atom. The van der Waals surface area contributed by atoms with Crippen molar-refractivity contribution in [2.24, 2.45) is 0 Å². The van der Waals surface area contributed by atoms with E-state index in [9.17, 15) is 34.5 Å². The molecule has 0 aliphatic rings. The molecule has 0 spiro atoms. The average molecular weight is 633 g/mol. The first kappa shape index (κ1) is 55.3. The van der Waals surface area contributed by atoms with Crippen molar-refractivity contribution in [2.75, 3.05) is 0 Å². The third-order valence-corrected chi connectivity index (χ3v) is 5.40. The Bertz CT molecular complexity index is 775. The number of hydrogen-bond acceptors (Lipinski definition) is 7. The van der Waals surface area contributed by atoms with Crippen LogP contribution < -0.4 is 104 Å². The van der Waals surface area contributed by atoms with Gasteiger partial charge in [0.05, 0.1) is 5.97 Å². The van der Waals surface area contributed by atoms with Gasteiger partial charge in [0.2, 0.25) is 0 Å². The zero-order valence-electron chi connectivity index (χ0n) is 27.9. The first-order valence-corrected chi connectivity index (χ1v) is 14.6. The van der Waals surface area contributed by atoms with Crippen molar-refractivity contribution in [1.82, 2.24) is 0 Å². The normalized spacial score (nSPS) is 9.09. The minimum absolute atomic E-state index is 0. The molecular formula is C32H51Na3O8. The maximum atomic E-state index is 10.3. The van der Waals surface area contributed by atoms with Gasteiger partial charge < -0.3 is 34.8 Å². The predicted molar refractivity (Wildman–Crippen MR) is 153 cm³/mol. The molecule has 11 heteroatoms. The molecule has 0 radical (unpaired) electrons. The number of carboxylic acid groups (broad SMARTS) is 4. The molecular weight excluding hydrogens is 581 g/mol. The van der Waals surface area contributed by atoms with Crippen LogP contribution in [0.15, 0.2) is 42.5 Å². The molecule has 1 aromatic carbocycles. The zero-order valence-corrected chi connectivity index (χ0v) is 33.9. The summed E-state index contributed by atoms with van der Waals surface area (Å²) in [4.78, 5) is 39.2.